The number of halogens is 1. The molecule has 7 heteroatoms. The van der Waals surface area contributed by atoms with E-state index in [9.17, 15) is 4.79 Å². The molecule has 0 unspecified atom stereocenters. The van der Waals surface area contributed by atoms with Gasteiger partial charge in [0.05, 0.1) is 10.7 Å². The van der Waals surface area contributed by atoms with Gasteiger partial charge in [-0.1, -0.05) is 23.7 Å². The van der Waals surface area contributed by atoms with E-state index < -0.39 is 0 Å². The zero-order valence-corrected chi connectivity index (χ0v) is 17.5. The van der Waals surface area contributed by atoms with Crippen molar-refractivity contribution >= 4 is 39.7 Å². The molecule has 0 atom stereocenters. The van der Waals surface area contributed by atoms with Gasteiger partial charge in [-0.2, -0.15) is 0 Å². The Balaban J connectivity index is 1.38. The summed E-state index contributed by atoms with van der Waals surface area (Å²) >= 11 is 7.85. The summed E-state index contributed by atoms with van der Waals surface area (Å²) in [4.78, 5) is 22.5. The summed E-state index contributed by atoms with van der Waals surface area (Å²) in [6, 6.07) is 7.36. The fourth-order valence-electron chi connectivity index (χ4n) is 3.34. The van der Waals surface area contributed by atoms with Gasteiger partial charge >= 0.3 is 0 Å². The number of hydrogen-bond acceptors (Lipinski definition) is 5. The third-order valence-electron chi connectivity index (χ3n) is 4.94. The van der Waals surface area contributed by atoms with Crippen LogP contribution in [0.5, 0.6) is 0 Å². The summed E-state index contributed by atoms with van der Waals surface area (Å²) in [7, 11) is 4.05. The van der Waals surface area contributed by atoms with Crippen molar-refractivity contribution in [1.29, 1.82) is 0 Å². The fraction of sp³-hybridized carbons (Fsp3) is 0.500. The maximum Gasteiger partial charge on any atom is 0.224 e. The molecule has 2 heterocycles. The maximum atomic E-state index is 12.2. The minimum atomic E-state index is 0.0476. The molecule has 1 amide bonds. The van der Waals surface area contributed by atoms with E-state index in [1.54, 1.807) is 17.4 Å². The van der Waals surface area contributed by atoms with E-state index in [1.807, 2.05) is 43.4 Å². The number of anilines is 2. The van der Waals surface area contributed by atoms with Gasteiger partial charge in [0.1, 0.15) is 0 Å². The minimum Gasteiger partial charge on any atom is -0.354 e. The van der Waals surface area contributed by atoms with Gasteiger partial charge in [-0.05, 0) is 50.4 Å². The van der Waals surface area contributed by atoms with E-state index in [2.05, 4.69) is 15.2 Å². The quantitative estimate of drug-likeness (QED) is 0.735. The summed E-state index contributed by atoms with van der Waals surface area (Å²) in [5.41, 5.74) is 0.695. The summed E-state index contributed by atoms with van der Waals surface area (Å²) < 4.78 is 0. The molecule has 1 saturated heterocycles. The highest BCUT2D eigenvalue weighted by Gasteiger charge is 2.21. The predicted octanol–water partition coefficient (Wildman–Crippen LogP) is 4.49. The lowest BCUT2D eigenvalue weighted by molar-refractivity contribution is -0.116. The molecule has 0 bridgehead atoms. The Kier molecular flexibility index (Phi) is 7.10. The van der Waals surface area contributed by atoms with Crippen LogP contribution in [0.25, 0.3) is 0 Å². The number of rotatable bonds is 7. The molecule has 0 aliphatic carbocycles. The van der Waals surface area contributed by atoms with E-state index in [1.165, 1.54) is 4.88 Å². The zero-order chi connectivity index (χ0) is 19.2. The summed E-state index contributed by atoms with van der Waals surface area (Å²) in [5.74, 6) is 0.670. The van der Waals surface area contributed by atoms with Gasteiger partial charge in [-0.3, -0.25) is 9.69 Å². The van der Waals surface area contributed by atoms with Crippen LogP contribution < -0.4 is 10.2 Å². The van der Waals surface area contributed by atoms with Crippen molar-refractivity contribution in [1.82, 2.24) is 9.88 Å². The molecule has 1 aliphatic rings. The normalized spacial score (nSPS) is 15.7. The molecule has 5 nitrogen and oxygen atoms in total. The van der Waals surface area contributed by atoms with Crippen molar-refractivity contribution in [3.05, 3.63) is 40.4 Å². The average Bonchev–Trinajstić information content (AvgIpc) is 3.12. The SMILES string of the molecule is CN(C)c1ncc(CN2CCC(CCC(=O)Nc3ccccc3Cl)CC2)s1. The topological polar surface area (TPSA) is 48.5 Å². The second kappa shape index (κ2) is 9.53. The first-order chi connectivity index (χ1) is 13.0. The van der Waals surface area contributed by atoms with Gasteiger partial charge in [0.2, 0.25) is 5.91 Å². The van der Waals surface area contributed by atoms with Crippen LogP contribution in [0.3, 0.4) is 0 Å². The van der Waals surface area contributed by atoms with E-state index in [4.69, 9.17) is 11.6 Å². The van der Waals surface area contributed by atoms with E-state index >= 15 is 0 Å². The molecular formula is C20H27ClN4OS. The molecule has 27 heavy (non-hydrogen) atoms. The molecule has 2 aromatic rings. The molecule has 146 valence electrons. The van der Waals surface area contributed by atoms with E-state index in [-0.39, 0.29) is 5.91 Å². The average molecular weight is 407 g/mol. The lowest BCUT2D eigenvalue weighted by atomic mass is 9.92. The zero-order valence-electron chi connectivity index (χ0n) is 15.9. The van der Waals surface area contributed by atoms with Crippen LogP contribution >= 0.6 is 22.9 Å². The van der Waals surface area contributed by atoms with Crippen LogP contribution in [0, 0.1) is 5.92 Å². The summed E-state index contributed by atoms with van der Waals surface area (Å²) in [6.45, 7) is 3.16. The predicted molar refractivity (Wildman–Crippen MR) is 114 cm³/mol. The van der Waals surface area contributed by atoms with Crippen molar-refractivity contribution in [2.24, 2.45) is 5.92 Å². The van der Waals surface area contributed by atoms with Gasteiger partial charge in [0.15, 0.2) is 5.13 Å². The molecule has 1 aromatic heterocycles. The molecule has 1 N–H and O–H groups in total. The fourth-order valence-corrected chi connectivity index (χ4v) is 4.40. The standard InChI is InChI=1S/C20H27ClN4OS/c1-24(2)20-22-13-16(27-20)14-25-11-9-15(10-12-25)7-8-19(26)23-18-6-4-3-5-17(18)21/h3-6,13,15H,7-12,14H2,1-2H3,(H,23,26). The number of amides is 1. The van der Waals surface area contributed by atoms with Crippen molar-refractivity contribution in [3.63, 3.8) is 0 Å². The van der Waals surface area contributed by atoms with Crippen LogP contribution in [0.2, 0.25) is 5.02 Å². The van der Waals surface area contributed by atoms with Crippen molar-refractivity contribution in [2.75, 3.05) is 37.4 Å². The largest absolute Gasteiger partial charge is 0.354 e. The number of hydrogen-bond donors (Lipinski definition) is 1. The summed E-state index contributed by atoms with van der Waals surface area (Å²) in [6.07, 6.45) is 5.79. The maximum absolute atomic E-state index is 12.2. The van der Waals surface area contributed by atoms with Gasteiger partial charge in [-0.25, -0.2) is 4.98 Å². The van der Waals surface area contributed by atoms with Gasteiger partial charge in [-0.15, -0.1) is 11.3 Å². The Morgan fingerprint density at radius 3 is 2.74 bits per heavy atom. The van der Waals surface area contributed by atoms with Gasteiger partial charge in [0, 0.05) is 38.1 Å². The Morgan fingerprint density at radius 2 is 2.07 bits per heavy atom. The monoisotopic (exact) mass is 406 g/mol. The van der Waals surface area contributed by atoms with Crippen molar-refractivity contribution in [3.8, 4) is 0 Å². The van der Waals surface area contributed by atoms with E-state index in [0.717, 1.165) is 44.0 Å². The number of likely N-dealkylation sites (tertiary alicyclic amines) is 1. The Morgan fingerprint density at radius 1 is 1.33 bits per heavy atom. The lowest BCUT2D eigenvalue weighted by Crippen LogP contribution is -2.33. The van der Waals surface area contributed by atoms with Crippen molar-refractivity contribution < 1.29 is 4.79 Å². The molecule has 1 fully saturated rings. The number of carbonyl (C=O) groups excluding carboxylic acids is 1. The molecule has 0 spiro atoms. The Bertz CT molecular complexity index is 756. The Hall–Kier alpha value is -1.63. The van der Waals surface area contributed by atoms with Gasteiger partial charge < -0.3 is 10.2 Å². The van der Waals surface area contributed by atoms with Crippen LogP contribution in [0.15, 0.2) is 30.5 Å². The summed E-state index contributed by atoms with van der Waals surface area (Å²) in [5, 5.41) is 4.55. The lowest BCUT2D eigenvalue weighted by Gasteiger charge is -2.31. The molecular weight excluding hydrogens is 380 g/mol. The highest BCUT2D eigenvalue weighted by Crippen LogP contribution is 2.27. The molecule has 3 rings (SSSR count). The third kappa shape index (κ3) is 5.92. The third-order valence-corrected chi connectivity index (χ3v) is 6.42. The number of para-hydroxylation sites is 1. The molecule has 0 radical (unpaired) electrons. The van der Waals surface area contributed by atoms with Crippen LogP contribution in [0.4, 0.5) is 10.8 Å². The van der Waals surface area contributed by atoms with Crippen LogP contribution in [-0.4, -0.2) is 43.0 Å². The number of thiazole rings is 1. The van der Waals surface area contributed by atoms with Gasteiger partial charge in [0.25, 0.3) is 0 Å². The highest BCUT2D eigenvalue weighted by molar-refractivity contribution is 7.15. The number of aromatic nitrogens is 1. The van der Waals surface area contributed by atoms with Crippen LogP contribution in [0.1, 0.15) is 30.6 Å². The molecule has 0 saturated carbocycles. The number of benzene rings is 1. The second-order valence-corrected chi connectivity index (χ2v) is 8.79. The first-order valence-corrected chi connectivity index (χ1v) is 10.6. The number of carbonyl (C=O) groups is 1. The minimum absolute atomic E-state index is 0.0476. The van der Waals surface area contributed by atoms with Crippen molar-refractivity contribution in [2.45, 2.75) is 32.2 Å². The first-order valence-electron chi connectivity index (χ1n) is 9.40. The second-order valence-electron chi connectivity index (χ2n) is 7.29. The van der Waals surface area contributed by atoms with E-state index in [0.29, 0.717) is 23.0 Å². The highest BCUT2D eigenvalue weighted by atomic mass is 35.5. The number of nitrogens with zero attached hydrogens (tertiary/aromatic N) is 3. The molecule has 1 aromatic carbocycles. The smallest absolute Gasteiger partial charge is 0.224 e. The Labute approximate surface area is 170 Å². The molecule has 1 aliphatic heterocycles. The van der Waals surface area contributed by atoms with Crippen LogP contribution in [-0.2, 0) is 11.3 Å². The number of nitrogens with one attached hydrogen (secondary N) is 1. The first kappa shape index (κ1) is 20.1. The number of piperidine rings is 1.